The highest BCUT2D eigenvalue weighted by atomic mass is 16.1. The molecule has 1 saturated heterocycles. The van der Waals surface area contributed by atoms with E-state index in [-0.39, 0.29) is 0 Å². The number of nitrogens with zero attached hydrogens (tertiary/aromatic N) is 4. The Morgan fingerprint density at radius 3 is 2.79 bits per heavy atom. The molecule has 0 radical (unpaired) electrons. The smallest absolute Gasteiger partial charge is 0.227 e. The molecule has 6 heteroatoms. The molecule has 2 rings (SSSR count). The number of rotatable bonds is 5. The first kappa shape index (κ1) is 13.6. The van der Waals surface area contributed by atoms with Gasteiger partial charge in [0.2, 0.25) is 12.4 Å². The molecular formula is C13H21N5O. The van der Waals surface area contributed by atoms with Crippen LogP contribution in [0.3, 0.4) is 0 Å². The van der Waals surface area contributed by atoms with Crippen LogP contribution in [0.5, 0.6) is 0 Å². The van der Waals surface area contributed by atoms with E-state index in [1.165, 1.54) is 0 Å². The minimum atomic E-state index is 0.398. The number of anilines is 2. The van der Waals surface area contributed by atoms with Gasteiger partial charge in [-0.1, -0.05) is 6.92 Å². The zero-order valence-electron chi connectivity index (χ0n) is 11.5. The Morgan fingerprint density at radius 2 is 2.16 bits per heavy atom. The summed E-state index contributed by atoms with van der Waals surface area (Å²) in [6.45, 7) is 7.30. The fourth-order valence-electron chi connectivity index (χ4n) is 1.96. The molecule has 1 N–H and O–H groups in total. The molecule has 1 amide bonds. The maximum atomic E-state index is 10.7. The molecule has 1 aromatic rings. The summed E-state index contributed by atoms with van der Waals surface area (Å²) in [4.78, 5) is 23.4. The SMILES string of the molecule is CCC(C)Nc1ccnc(N2CCN(C=O)CC2)n1. The molecule has 0 spiro atoms. The quantitative estimate of drug-likeness (QED) is 0.802. The van der Waals surface area contributed by atoms with Crippen LogP contribution in [0.15, 0.2) is 12.3 Å². The van der Waals surface area contributed by atoms with E-state index in [1.54, 1.807) is 11.1 Å². The van der Waals surface area contributed by atoms with Crippen LogP contribution >= 0.6 is 0 Å². The Labute approximate surface area is 113 Å². The Balaban J connectivity index is 2.00. The summed E-state index contributed by atoms with van der Waals surface area (Å²) in [7, 11) is 0. The molecule has 0 aliphatic carbocycles. The summed E-state index contributed by atoms with van der Waals surface area (Å²) in [6, 6.07) is 2.28. The zero-order chi connectivity index (χ0) is 13.7. The Kier molecular flexibility index (Phi) is 4.54. The van der Waals surface area contributed by atoms with E-state index < -0.39 is 0 Å². The number of aromatic nitrogens is 2. The van der Waals surface area contributed by atoms with Crippen LogP contribution in [0.25, 0.3) is 0 Å². The van der Waals surface area contributed by atoms with Crippen LogP contribution in [0.4, 0.5) is 11.8 Å². The molecule has 19 heavy (non-hydrogen) atoms. The average Bonchev–Trinajstić information content (AvgIpc) is 2.47. The van der Waals surface area contributed by atoms with Crippen molar-refractivity contribution in [1.82, 2.24) is 14.9 Å². The number of carbonyl (C=O) groups is 1. The van der Waals surface area contributed by atoms with E-state index in [0.29, 0.717) is 6.04 Å². The zero-order valence-corrected chi connectivity index (χ0v) is 11.5. The highest BCUT2D eigenvalue weighted by Crippen LogP contribution is 2.14. The van der Waals surface area contributed by atoms with Crippen molar-refractivity contribution >= 4 is 18.2 Å². The van der Waals surface area contributed by atoms with Crippen molar-refractivity contribution < 1.29 is 4.79 Å². The number of piperazine rings is 1. The summed E-state index contributed by atoms with van der Waals surface area (Å²) in [6.07, 6.45) is 3.73. The summed E-state index contributed by atoms with van der Waals surface area (Å²) >= 11 is 0. The summed E-state index contributed by atoms with van der Waals surface area (Å²) in [5, 5.41) is 3.35. The van der Waals surface area contributed by atoms with Crippen molar-refractivity contribution in [2.45, 2.75) is 26.3 Å². The van der Waals surface area contributed by atoms with Gasteiger partial charge in [0.05, 0.1) is 0 Å². The van der Waals surface area contributed by atoms with E-state index in [1.807, 2.05) is 6.07 Å². The molecule has 1 aromatic heterocycles. The van der Waals surface area contributed by atoms with Gasteiger partial charge in [0.15, 0.2) is 0 Å². The van der Waals surface area contributed by atoms with Crippen molar-refractivity contribution in [3.05, 3.63) is 12.3 Å². The standard InChI is InChI=1S/C13H21N5O/c1-3-11(2)15-12-4-5-14-13(16-12)18-8-6-17(10-19)7-9-18/h4-5,10-11H,3,6-9H2,1-2H3,(H,14,15,16). The lowest BCUT2D eigenvalue weighted by Gasteiger charge is -2.32. The van der Waals surface area contributed by atoms with Gasteiger partial charge in [0, 0.05) is 38.4 Å². The maximum Gasteiger partial charge on any atom is 0.227 e. The van der Waals surface area contributed by atoms with Gasteiger partial charge in [-0.25, -0.2) is 4.98 Å². The minimum Gasteiger partial charge on any atom is -0.367 e. The van der Waals surface area contributed by atoms with Gasteiger partial charge in [-0.3, -0.25) is 4.79 Å². The normalized spacial score (nSPS) is 17.2. The van der Waals surface area contributed by atoms with Crippen molar-refractivity contribution in [2.75, 3.05) is 36.4 Å². The van der Waals surface area contributed by atoms with Crippen molar-refractivity contribution in [2.24, 2.45) is 0 Å². The molecule has 1 fully saturated rings. The second-order valence-electron chi connectivity index (χ2n) is 4.82. The fourth-order valence-corrected chi connectivity index (χ4v) is 1.96. The second-order valence-corrected chi connectivity index (χ2v) is 4.82. The van der Waals surface area contributed by atoms with E-state index >= 15 is 0 Å². The molecule has 1 aliphatic heterocycles. The first-order chi connectivity index (χ1) is 9.22. The highest BCUT2D eigenvalue weighted by Gasteiger charge is 2.17. The van der Waals surface area contributed by atoms with Gasteiger partial charge in [-0.2, -0.15) is 4.98 Å². The van der Waals surface area contributed by atoms with Crippen LogP contribution < -0.4 is 10.2 Å². The third-order valence-electron chi connectivity index (χ3n) is 3.40. The largest absolute Gasteiger partial charge is 0.367 e. The monoisotopic (exact) mass is 263 g/mol. The predicted octanol–water partition coefficient (Wildman–Crippen LogP) is 0.965. The molecule has 1 atom stereocenters. The number of carbonyl (C=O) groups excluding carboxylic acids is 1. The first-order valence-electron chi connectivity index (χ1n) is 6.76. The molecule has 2 heterocycles. The van der Waals surface area contributed by atoms with E-state index in [4.69, 9.17) is 0 Å². The van der Waals surface area contributed by atoms with Crippen molar-refractivity contribution in [1.29, 1.82) is 0 Å². The summed E-state index contributed by atoms with van der Waals surface area (Å²) in [5.74, 6) is 1.59. The molecule has 1 unspecified atom stereocenters. The molecule has 0 saturated carbocycles. The topological polar surface area (TPSA) is 61.4 Å². The van der Waals surface area contributed by atoms with Crippen LogP contribution in [-0.4, -0.2) is 53.5 Å². The van der Waals surface area contributed by atoms with Crippen molar-refractivity contribution in [3.8, 4) is 0 Å². The van der Waals surface area contributed by atoms with Gasteiger partial charge in [0.25, 0.3) is 0 Å². The Hall–Kier alpha value is -1.85. The van der Waals surface area contributed by atoms with Crippen LogP contribution in [0.2, 0.25) is 0 Å². The molecule has 1 aliphatic rings. The lowest BCUT2D eigenvalue weighted by Crippen LogP contribution is -2.46. The number of hydrogen-bond acceptors (Lipinski definition) is 5. The maximum absolute atomic E-state index is 10.7. The van der Waals surface area contributed by atoms with Gasteiger partial charge in [-0.15, -0.1) is 0 Å². The van der Waals surface area contributed by atoms with Crippen LogP contribution in [0.1, 0.15) is 20.3 Å². The molecule has 104 valence electrons. The van der Waals surface area contributed by atoms with Crippen molar-refractivity contribution in [3.63, 3.8) is 0 Å². The Bertz CT molecular complexity index is 417. The van der Waals surface area contributed by atoms with E-state index in [2.05, 4.69) is 34.0 Å². The molecule has 6 nitrogen and oxygen atoms in total. The second kappa shape index (κ2) is 6.36. The van der Waals surface area contributed by atoms with Crippen LogP contribution in [-0.2, 0) is 4.79 Å². The summed E-state index contributed by atoms with van der Waals surface area (Å²) in [5.41, 5.74) is 0. The third-order valence-corrected chi connectivity index (χ3v) is 3.40. The van der Waals surface area contributed by atoms with Gasteiger partial charge >= 0.3 is 0 Å². The minimum absolute atomic E-state index is 0.398. The van der Waals surface area contributed by atoms with Gasteiger partial charge in [-0.05, 0) is 19.4 Å². The van der Waals surface area contributed by atoms with E-state index in [9.17, 15) is 4.79 Å². The lowest BCUT2D eigenvalue weighted by molar-refractivity contribution is -0.118. The van der Waals surface area contributed by atoms with Gasteiger partial charge in [0.1, 0.15) is 5.82 Å². The first-order valence-corrected chi connectivity index (χ1v) is 6.76. The predicted molar refractivity (Wildman–Crippen MR) is 75.3 cm³/mol. The average molecular weight is 263 g/mol. The lowest BCUT2D eigenvalue weighted by atomic mass is 10.2. The van der Waals surface area contributed by atoms with E-state index in [0.717, 1.165) is 50.8 Å². The van der Waals surface area contributed by atoms with Gasteiger partial charge < -0.3 is 15.1 Å². The number of amides is 1. The van der Waals surface area contributed by atoms with Crippen LogP contribution in [0, 0.1) is 0 Å². The molecule has 0 bridgehead atoms. The highest BCUT2D eigenvalue weighted by molar-refractivity contribution is 5.49. The number of nitrogens with one attached hydrogen (secondary N) is 1. The number of hydrogen-bond donors (Lipinski definition) is 1. The molecule has 0 aromatic carbocycles. The molecular weight excluding hydrogens is 242 g/mol. The Morgan fingerprint density at radius 1 is 1.42 bits per heavy atom. The third kappa shape index (κ3) is 3.56. The summed E-state index contributed by atoms with van der Waals surface area (Å²) < 4.78 is 0. The fraction of sp³-hybridized carbons (Fsp3) is 0.615.